The predicted molar refractivity (Wildman–Crippen MR) is 112 cm³/mol. The molecule has 2 heterocycles. The molecule has 1 amide bonds. The average molecular weight is 405 g/mol. The number of ether oxygens (including phenoxy) is 2. The Labute approximate surface area is 172 Å². The number of hydrogen-bond donors (Lipinski definition) is 3. The molecule has 2 aliphatic heterocycles. The molecule has 3 N–H and O–H groups in total. The number of amides is 1. The number of anilines is 1. The van der Waals surface area contributed by atoms with Gasteiger partial charge in [-0.3, -0.25) is 9.79 Å². The van der Waals surface area contributed by atoms with Crippen LogP contribution in [0.1, 0.15) is 26.2 Å². The normalized spacial score (nSPS) is 21.7. The SMILES string of the molecule is CCNC(=NCC1(CCO)CCOC1)NCCCN1C(=O)COc2ccccc21. The van der Waals surface area contributed by atoms with Crippen molar-refractivity contribution in [1.29, 1.82) is 0 Å². The first kappa shape index (κ1) is 21.4. The number of nitrogens with zero attached hydrogens (tertiary/aromatic N) is 2. The topological polar surface area (TPSA) is 95.4 Å². The van der Waals surface area contributed by atoms with Gasteiger partial charge in [0.1, 0.15) is 5.75 Å². The summed E-state index contributed by atoms with van der Waals surface area (Å²) in [5.41, 5.74) is 0.762. The minimum atomic E-state index is -0.0684. The second kappa shape index (κ2) is 10.5. The molecule has 8 nitrogen and oxygen atoms in total. The molecule has 0 spiro atoms. The van der Waals surface area contributed by atoms with Crippen LogP contribution in [-0.4, -0.2) is 69.6 Å². The van der Waals surface area contributed by atoms with E-state index in [-0.39, 0.29) is 24.5 Å². The lowest BCUT2D eigenvalue weighted by Crippen LogP contribution is -2.42. The van der Waals surface area contributed by atoms with Crippen molar-refractivity contribution in [3.05, 3.63) is 24.3 Å². The zero-order valence-corrected chi connectivity index (χ0v) is 17.2. The van der Waals surface area contributed by atoms with E-state index in [1.165, 1.54) is 0 Å². The van der Waals surface area contributed by atoms with E-state index in [1.807, 2.05) is 31.2 Å². The number of para-hydroxylation sites is 2. The van der Waals surface area contributed by atoms with Gasteiger partial charge in [0.15, 0.2) is 12.6 Å². The first-order chi connectivity index (χ1) is 14.2. The summed E-state index contributed by atoms with van der Waals surface area (Å²) >= 11 is 0. The number of nitrogens with one attached hydrogen (secondary N) is 2. The summed E-state index contributed by atoms with van der Waals surface area (Å²) in [5, 5.41) is 16.0. The van der Waals surface area contributed by atoms with Crippen LogP contribution in [0.5, 0.6) is 5.75 Å². The fourth-order valence-electron chi connectivity index (χ4n) is 3.72. The molecule has 2 aliphatic rings. The fraction of sp³-hybridized carbons (Fsp3) is 0.619. The Kier molecular flexibility index (Phi) is 7.71. The van der Waals surface area contributed by atoms with Crippen molar-refractivity contribution in [2.75, 3.05) is 57.5 Å². The molecule has 1 saturated heterocycles. The van der Waals surface area contributed by atoms with E-state index in [9.17, 15) is 9.90 Å². The highest BCUT2D eigenvalue weighted by Gasteiger charge is 2.34. The van der Waals surface area contributed by atoms with Crippen molar-refractivity contribution in [2.24, 2.45) is 10.4 Å². The third kappa shape index (κ3) is 5.61. The van der Waals surface area contributed by atoms with Crippen LogP contribution in [0.4, 0.5) is 5.69 Å². The number of carbonyl (C=O) groups excluding carboxylic acids is 1. The van der Waals surface area contributed by atoms with Gasteiger partial charge in [0.2, 0.25) is 0 Å². The van der Waals surface area contributed by atoms with Crippen LogP contribution in [0, 0.1) is 5.41 Å². The summed E-state index contributed by atoms with van der Waals surface area (Å²) in [5.74, 6) is 1.49. The number of fused-ring (bicyclic) bond motifs is 1. The number of aliphatic hydroxyl groups excluding tert-OH is 1. The van der Waals surface area contributed by atoms with Gasteiger partial charge in [-0.1, -0.05) is 12.1 Å². The Morgan fingerprint density at radius 1 is 1.34 bits per heavy atom. The van der Waals surface area contributed by atoms with Gasteiger partial charge in [-0.25, -0.2) is 0 Å². The van der Waals surface area contributed by atoms with Gasteiger partial charge in [-0.05, 0) is 38.3 Å². The quantitative estimate of drug-likeness (QED) is 0.325. The lowest BCUT2D eigenvalue weighted by molar-refractivity contribution is -0.121. The van der Waals surface area contributed by atoms with Crippen molar-refractivity contribution in [2.45, 2.75) is 26.2 Å². The van der Waals surface area contributed by atoms with Gasteiger partial charge in [0.25, 0.3) is 5.91 Å². The van der Waals surface area contributed by atoms with Gasteiger partial charge in [0, 0.05) is 38.3 Å². The van der Waals surface area contributed by atoms with Crippen molar-refractivity contribution in [1.82, 2.24) is 10.6 Å². The molecule has 1 fully saturated rings. The van der Waals surface area contributed by atoms with E-state index in [2.05, 4.69) is 10.6 Å². The predicted octanol–water partition coefficient (Wildman–Crippen LogP) is 1.15. The summed E-state index contributed by atoms with van der Waals surface area (Å²) in [6, 6.07) is 7.62. The minimum Gasteiger partial charge on any atom is -0.482 e. The summed E-state index contributed by atoms with van der Waals surface area (Å²) in [4.78, 5) is 18.8. The molecule has 3 rings (SSSR count). The van der Waals surface area contributed by atoms with Crippen LogP contribution in [0.25, 0.3) is 0 Å². The molecule has 29 heavy (non-hydrogen) atoms. The van der Waals surface area contributed by atoms with Crippen molar-refractivity contribution < 1.29 is 19.4 Å². The zero-order valence-electron chi connectivity index (χ0n) is 17.2. The third-order valence-corrected chi connectivity index (χ3v) is 5.40. The van der Waals surface area contributed by atoms with Gasteiger partial charge in [-0.2, -0.15) is 0 Å². The number of guanidine groups is 1. The fourth-order valence-corrected chi connectivity index (χ4v) is 3.72. The Balaban J connectivity index is 1.51. The Bertz CT molecular complexity index is 704. The van der Waals surface area contributed by atoms with Crippen LogP contribution in [0.3, 0.4) is 0 Å². The van der Waals surface area contributed by atoms with Gasteiger partial charge in [0.05, 0.1) is 18.8 Å². The summed E-state index contributed by atoms with van der Waals surface area (Å²) in [7, 11) is 0. The zero-order chi connectivity index (χ0) is 20.5. The standard InChI is InChI=1S/C21H32N4O4/c1-2-22-20(24-15-21(8-12-26)9-13-28-16-21)23-10-5-11-25-17-6-3-4-7-18(17)29-14-19(25)27/h3-4,6-7,26H,2,5,8-16H2,1H3,(H2,22,23,24). The van der Waals surface area contributed by atoms with Crippen molar-refractivity contribution >= 4 is 17.6 Å². The van der Waals surface area contributed by atoms with Crippen LogP contribution in [0.2, 0.25) is 0 Å². The lowest BCUT2D eigenvalue weighted by atomic mass is 9.84. The van der Waals surface area contributed by atoms with Gasteiger partial charge < -0.3 is 30.1 Å². The first-order valence-electron chi connectivity index (χ1n) is 10.4. The molecule has 1 atom stereocenters. The second-order valence-electron chi connectivity index (χ2n) is 7.55. The van der Waals surface area contributed by atoms with Crippen LogP contribution in [0.15, 0.2) is 29.3 Å². The monoisotopic (exact) mass is 404 g/mol. The molecule has 160 valence electrons. The molecule has 0 bridgehead atoms. The molecule has 1 aromatic carbocycles. The highest BCUT2D eigenvalue weighted by atomic mass is 16.5. The maximum absolute atomic E-state index is 12.2. The first-order valence-corrected chi connectivity index (χ1v) is 10.4. The maximum Gasteiger partial charge on any atom is 0.265 e. The van der Waals surface area contributed by atoms with Crippen molar-refractivity contribution in [3.63, 3.8) is 0 Å². The number of aliphatic hydroxyl groups is 1. The molecular weight excluding hydrogens is 372 g/mol. The molecule has 0 saturated carbocycles. The Morgan fingerprint density at radius 2 is 2.21 bits per heavy atom. The third-order valence-electron chi connectivity index (χ3n) is 5.40. The molecule has 1 unspecified atom stereocenters. The van der Waals surface area contributed by atoms with E-state index < -0.39 is 0 Å². The second-order valence-corrected chi connectivity index (χ2v) is 7.55. The average Bonchev–Trinajstić information content (AvgIpc) is 3.19. The number of rotatable bonds is 9. The molecule has 1 aromatic rings. The van der Waals surface area contributed by atoms with E-state index in [1.54, 1.807) is 4.90 Å². The number of hydrogen-bond acceptors (Lipinski definition) is 5. The maximum atomic E-state index is 12.2. The van der Waals surface area contributed by atoms with Crippen molar-refractivity contribution in [3.8, 4) is 5.75 Å². The van der Waals surface area contributed by atoms with E-state index >= 15 is 0 Å². The van der Waals surface area contributed by atoms with E-state index in [0.29, 0.717) is 32.7 Å². The summed E-state index contributed by atoms with van der Waals surface area (Å²) in [6.45, 7) is 6.35. The lowest BCUT2D eigenvalue weighted by Gasteiger charge is -2.29. The molecule has 0 aromatic heterocycles. The van der Waals surface area contributed by atoms with E-state index in [4.69, 9.17) is 14.5 Å². The van der Waals surface area contributed by atoms with Gasteiger partial charge in [-0.15, -0.1) is 0 Å². The highest BCUT2D eigenvalue weighted by Crippen LogP contribution is 2.33. The Hall–Kier alpha value is -2.32. The van der Waals surface area contributed by atoms with Crippen LogP contribution >= 0.6 is 0 Å². The number of carbonyl (C=O) groups is 1. The number of aliphatic imine (C=N–C) groups is 1. The van der Waals surface area contributed by atoms with E-state index in [0.717, 1.165) is 43.4 Å². The molecule has 8 heteroatoms. The highest BCUT2D eigenvalue weighted by molar-refractivity contribution is 5.97. The minimum absolute atomic E-state index is 0.0172. The molecule has 0 aliphatic carbocycles. The number of benzene rings is 1. The largest absolute Gasteiger partial charge is 0.482 e. The van der Waals surface area contributed by atoms with Crippen LogP contribution < -0.4 is 20.3 Å². The summed E-state index contributed by atoms with van der Waals surface area (Å²) < 4.78 is 11.0. The molecule has 0 radical (unpaired) electrons. The van der Waals surface area contributed by atoms with Gasteiger partial charge >= 0.3 is 0 Å². The summed E-state index contributed by atoms with van der Waals surface area (Å²) in [6.07, 6.45) is 2.42. The smallest absolute Gasteiger partial charge is 0.265 e. The Morgan fingerprint density at radius 3 is 2.97 bits per heavy atom. The van der Waals surface area contributed by atoms with Crippen LogP contribution in [-0.2, 0) is 9.53 Å². The molecular formula is C21H32N4O4.